The van der Waals surface area contributed by atoms with Crippen LogP contribution in [0.4, 0.5) is 23.8 Å². The van der Waals surface area contributed by atoms with E-state index in [1.54, 1.807) is 20.8 Å². The van der Waals surface area contributed by atoms with Gasteiger partial charge in [0.05, 0.1) is 21.2 Å². The zero-order chi connectivity index (χ0) is 28.0. The second kappa shape index (κ2) is 9.87. The number of amidine groups is 1. The molecule has 5 N–H and O–H groups in total. The van der Waals surface area contributed by atoms with Crippen molar-refractivity contribution in [3.05, 3.63) is 46.6 Å². The number of carbonyl (C=O) groups is 2. The van der Waals surface area contributed by atoms with Gasteiger partial charge in [0.15, 0.2) is 0 Å². The van der Waals surface area contributed by atoms with E-state index in [2.05, 4.69) is 35.1 Å². The number of nitrogens with zero attached hydrogens (tertiary/aromatic N) is 3. The van der Waals surface area contributed by atoms with Gasteiger partial charge in [-0.05, 0) is 39.3 Å². The van der Waals surface area contributed by atoms with Gasteiger partial charge in [-0.1, -0.05) is 22.1 Å². The van der Waals surface area contributed by atoms with Crippen molar-refractivity contribution in [2.24, 2.45) is 4.99 Å². The Morgan fingerprint density at radius 2 is 2.00 bits per heavy atom. The third-order valence-electron chi connectivity index (χ3n) is 6.51. The van der Waals surface area contributed by atoms with E-state index in [9.17, 15) is 28.0 Å². The summed E-state index contributed by atoms with van der Waals surface area (Å²) in [6.45, 7) is 2.12. The Morgan fingerprint density at radius 3 is 2.63 bits per heavy atom. The summed E-state index contributed by atoms with van der Waals surface area (Å²) >= 11 is 6.00. The van der Waals surface area contributed by atoms with E-state index in [-0.39, 0.29) is 33.8 Å². The van der Waals surface area contributed by atoms with Crippen LogP contribution in [-0.2, 0) is 5.54 Å². The maximum Gasteiger partial charge on any atom is 0.410 e. The second-order valence-corrected chi connectivity index (χ2v) is 12.7. The van der Waals surface area contributed by atoms with E-state index >= 15 is 4.39 Å². The number of amides is 2. The third kappa shape index (κ3) is 4.74. The van der Waals surface area contributed by atoms with Gasteiger partial charge in [-0.2, -0.15) is 8.78 Å². The monoisotopic (exact) mass is 576 g/mol. The van der Waals surface area contributed by atoms with Gasteiger partial charge in [0.25, 0.3) is 5.91 Å². The van der Waals surface area contributed by atoms with E-state index in [1.165, 1.54) is 6.07 Å². The molecule has 0 saturated carbocycles. The number of ether oxygens (including phenoxy) is 1. The summed E-state index contributed by atoms with van der Waals surface area (Å²) in [5.41, 5.74) is -2.07. The second-order valence-electron chi connectivity index (χ2n) is 9.21. The predicted octanol–water partition coefficient (Wildman–Crippen LogP) is 4.35. The Labute approximate surface area is 221 Å². The zero-order valence-corrected chi connectivity index (χ0v) is 21.8. The molecule has 0 bridgehead atoms. The number of anilines is 1. The highest BCUT2D eigenvalue weighted by Crippen LogP contribution is 2.67. The number of carboxylic acid groups (broad SMARTS) is 1. The van der Waals surface area contributed by atoms with Gasteiger partial charge in [-0.15, -0.1) is 0 Å². The summed E-state index contributed by atoms with van der Waals surface area (Å²) in [7, 11) is -2.78. The molecule has 2 amide bonds. The van der Waals surface area contributed by atoms with Crippen LogP contribution in [0.1, 0.15) is 43.4 Å². The molecule has 0 radical (unpaired) electrons. The summed E-state index contributed by atoms with van der Waals surface area (Å²) in [6, 6.07) is 3.22. The number of hydrogen-bond donors (Lipinski definition) is 5. The Kier molecular flexibility index (Phi) is 7.24. The lowest BCUT2D eigenvalue weighted by Crippen LogP contribution is -2.59. The summed E-state index contributed by atoms with van der Waals surface area (Å²) in [6.07, 6.45) is -0.105. The number of pyridine rings is 2. The first-order valence-corrected chi connectivity index (χ1v) is 13.2. The lowest BCUT2D eigenvalue weighted by molar-refractivity contribution is -0.0500. The van der Waals surface area contributed by atoms with Gasteiger partial charge in [0.1, 0.15) is 40.1 Å². The van der Waals surface area contributed by atoms with Crippen molar-refractivity contribution in [2.45, 2.75) is 49.3 Å². The van der Waals surface area contributed by atoms with Crippen molar-refractivity contribution in [1.82, 2.24) is 20.0 Å². The highest BCUT2D eigenvalue weighted by molar-refractivity contribution is 8.29. The Morgan fingerprint density at radius 1 is 1.29 bits per heavy atom. The van der Waals surface area contributed by atoms with Gasteiger partial charge >= 0.3 is 12.7 Å². The number of aliphatic imine (C=N–C) groups is 1. The van der Waals surface area contributed by atoms with E-state index in [1.807, 2.05) is 0 Å². The summed E-state index contributed by atoms with van der Waals surface area (Å²) in [4.78, 5) is 36.9. The first-order chi connectivity index (χ1) is 17.7. The number of nitrogens with one attached hydrogen (secondary N) is 3. The molecule has 2 aliphatic heterocycles. The molecule has 2 aromatic heterocycles. The lowest BCUT2D eigenvalue weighted by Gasteiger charge is -2.56. The van der Waals surface area contributed by atoms with Crippen LogP contribution >= 0.6 is 22.1 Å². The van der Waals surface area contributed by atoms with Gasteiger partial charge in [-0.3, -0.25) is 19.8 Å². The van der Waals surface area contributed by atoms with Crippen molar-refractivity contribution in [2.75, 3.05) is 11.9 Å². The topological polar surface area (TPSA) is 158 Å². The van der Waals surface area contributed by atoms with E-state index in [4.69, 9.17) is 11.6 Å². The first-order valence-electron chi connectivity index (χ1n) is 11.2. The molecule has 0 aromatic carbocycles. The minimum Gasteiger partial charge on any atom is -0.465 e. The fourth-order valence-corrected chi connectivity index (χ4v) is 8.26. The summed E-state index contributed by atoms with van der Waals surface area (Å²) in [5, 5.41) is 13.1. The molecule has 4 rings (SSSR count). The van der Waals surface area contributed by atoms with Crippen LogP contribution in [0.25, 0.3) is 0 Å². The molecule has 4 heterocycles. The van der Waals surface area contributed by atoms with Gasteiger partial charge in [0, 0.05) is 12.6 Å². The molecule has 0 spiro atoms. The van der Waals surface area contributed by atoms with Crippen LogP contribution in [0.15, 0.2) is 29.4 Å². The molecule has 3 atom stereocenters. The molecule has 38 heavy (non-hydrogen) atoms. The minimum absolute atomic E-state index is 0.0617. The highest BCUT2D eigenvalue weighted by atomic mass is 35.5. The number of halogens is 4. The highest BCUT2D eigenvalue weighted by Gasteiger charge is 2.62. The number of carbonyl (C=O) groups excluding carboxylic acids is 1. The quantitative estimate of drug-likeness (QED) is 0.351. The molecule has 16 heteroatoms. The van der Waals surface area contributed by atoms with Crippen LogP contribution in [0.5, 0.6) is 5.75 Å². The zero-order valence-electron chi connectivity index (χ0n) is 20.3. The van der Waals surface area contributed by atoms with E-state index in [0.717, 1.165) is 18.3 Å². The average Bonchev–Trinajstić information content (AvgIpc) is 3.23. The number of hydrogen-bond acceptors (Lipinski definition) is 8. The van der Waals surface area contributed by atoms with Gasteiger partial charge < -0.3 is 19.7 Å². The minimum atomic E-state index is -3.11. The molecular formula is C22H24ClF3N6O5S. The SMILES string of the molecule is CC1(C)C(NC(=O)O)=N[C@](C)(c2nc(NC(=O)c3ncc(OC(F)F)cc3Cl)ccc2F)[C@@H]2CCNS21O. The van der Waals surface area contributed by atoms with Crippen LogP contribution in [-0.4, -0.2) is 60.6 Å². The smallest absolute Gasteiger partial charge is 0.410 e. The molecular weight excluding hydrogens is 553 g/mol. The molecule has 2 aromatic rings. The lowest BCUT2D eigenvalue weighted by atomic mass is 9.89. The van der Waals surface area contributed by atoms with Gasteiger partial charge in [-0.25, -0.2) is 19.2 Å². The Balaban J connectivity index is 1.72. The maximum atomic E-state index is 15.3. The first kappa shape index (κ1) is 27.9. The van der Waals surface area contributed by atoms with Crippen LogP contribution in [0, 0.1) is 5.82 Å². The number of alkyl halides is 2. The van der Waals surface area contributed by atoms with E-state index in [0.29, 0.717) is 13.0 Å². The third-order valence-corrected chi connectivity index (χ3v) is 10.7. The number of rotatable bonds is 5. The number of aromatic nitrogens is 2. The largest absolute Gasteiger partial charge is 0.465 e. The Hall–Kier alpha value is -3.14. The number of fused-ring (bicyclic) bond motifs is 1. The molecule has 1 unspecified atom stereocenters. The summed E-state index contributed by atoms with van der Waals surface area (Å²) < 4.78 is 58.0. The van der Waals surface area contributed by atoms with Crippen LogP contribution < -0.4 is 20.1 Å². The fraction of sp³-hybridized carbons (Fsp3) is 0.409. The molecule has 1 fully saturated rings. The molecule has 0 aliphatic carbocycles. The standard InChI is InChI=1S/C22H24ClF3N6O5S/c1-21(2)18(31-20(34)35)32-22(3,13-6-7-28-38(13,21)36)16-12(24)4-5-14(29-16)30-17(33)15-11(23)8-10(9-27-15)37-19(25)26/h4-5,8-9,13,19,28,36H,6-7H2,1-3H3,(H,31,32)(H,34,35)(H,29,30,33)/t13-,22-/m0/s1. The molecule has 206 valence electrons. The molecule has 11 nitrogen and oxygen atoms in total. The molecule has 2 aliphatic rings. The van der Waals surface area contributed by atoms with Crippen molar-refractivity contribution in [3.8, 4) is 5.75 Å². The molecule has 1 saturated heterocycles. The fourth-order valence-electron chi connectivity index (χ4n) is 4.63. The van der Waals surface area contributed by atoms with Crippen molar-refractivity contribution >= 4 is 45.7 Å². The van der Waals surface area contributed by atoms with Crippen molar-refractivity contribution < 1.29 is 37.2 Å². The van der Waals surface area contributed by atoms with Crippen molar-refractivity contribution in [1.29, 1.82) is 0 Å². The normalized spacial score (nSPS) is 27.6. The van der Waals surface area contributed by atoms with Crippen molar-refractivity contribution in [3.63, 3.8) is 0 Å². The predicted molar refractivity (Wildman–Crippen MR) is 135 cm³/mol. The van der Waals surface area contributed by atoms with Crippen LogP contribution in [0.3, 0.4) is 0 Å². The maximum absolute atomic E-state index is 15.3. The average molecular weight is 577 g/mol. The van der Waals surface area contributed by atoms with E-state index < -0.39 is 50.5 Å². The summed E-state index contributed by atoms with van der Waals surface area (Å²) in [5.74, 6) is -2.17. The Bertz CT molecular complexity index is 1330. The van der Waals surface area contributed by atoms with Gasteiger partial charge in [0.2, 0.25) is 0 Å². The van der Waals surface area contributed by atoms with Crippen LogP contribution in [0.2, 0.25) is 5.02 Å².